The summed E-state index contributed by atoms with van der Waals surface area (Å²) < 4.78 is 10.9. The summed E-state index contributed by atoms with van der Waals surface area (Å²) in [5.41, 5.74) is 0. The number of rotatable bonds is 11. The summed E-state index contributed by atoms with van der Waals surface area (Å²) >= 11 is 0. The summed E-state index contributed by atoms with van der Waals surface area (Å²) in [7, 11) is 5.82. The van der Waals surface area contributed by atoms with E-state index in [-0.39, 0.29) is 37.8 Å². The molecule has 0 aromatic heterocycles. The molecule has 0 heterocycles. The molecule has 134 valence electrons. The van der Waals surface area contributed by atoms with Gasteiger partial charge >= 0.3 is 11.9 Å². The van der Waals surface area contributed by atoms with E-state index in [1.165, 1.54) is 0 Å². The van der Waals surface area contributed by atoms with E-state index in [4.69, 9.17) is 9.47 Å². The zero-order chi connectivity index (χ0) is 18.0. The molecule has 0 amide bonds. The second kappa shape index (κ2) is 10.2. The van der Waals surface area contributed by atoms with Gasteiger partial charge in [0.05, 0.1) is 34.2 Å². The number of hydrogen-bond acceptors (Lipinski definition) is 6. The average Bonchev–Trinajstić information content (AvgIpc) is 2.30. The molecular weight excluding hydrogens is 302 g/mol. The minimum Gasteiger partial charge on any atom is -0.550 e. The Balaban J connectivity index is 4.42. The van der Waals surface area contributed by atoms with Crippen molar-refractivity contribution in [1.82, 2.24) is 0 Å². The third-order valence-corrected chi connectivity index (χ3v) is 2.81. The first-order chi connectivity index (χ1) is 10.5. The molecule has 0 saturated carbocycles. The normalized spacial score (nSPS) is 12.8. The van der Waals surface area contributed by atoms with Crippen LogP contribution in [0.15, 0.2) is 0 Å². The summed E-state index contributed by atoms with van der Waals surface area (Å²) in [6.45, 7) is 4.34. The van der Waals surface area contributed by atoms with Gasteiger partial charge in [0.1, 0.15) is 6.54 Å². The van der Waals surface area contributed by atoms with Crippen molar-refractivity contribution < 1.29 is 33.4 Å². The minimum absolute atomic E-state index is 0.0177. The quantitative estimate of drug-likeness (QED) is 0.303. The number of quaternary nitrogens is 1. The van der Waals surface area contributed by atoms with Crippen molar-refractivity contribution in [2.45, 2.75) is 45.6 Å². The highest BCUT2D eigenvalue weighted by molar-refractivity contribution is 5.72. The summed E-state index contributed by atoms with van der Waals surface area (Å²) in [6, 6.07) is 0. The van der Waals surface area contributed by atoms with E-state index in [2.05, 4.69) is 0 Å². The van der Waals surface area contributed by atoms with Crippen LogP contribution in [0.2, 0.25) is 0 Å². The minimum atomic E-state index is -1.17. The Morgan fingerprint density at radius 1 is 1.04 bits per heavy atom. The second-order valence-electron chi connectivity index (χ2n) is 7.08. The maximum Gasteiger partial charge on any atom is 0.309 e. The van der Waals surface area contributed by atoms with Gasteiger partial charge in [0.2, 0.25) is 0 Å². The molecule has 0 saturated heterocycles. The smallest absolute Gasteiger partial charge is 0.309 e. The lowest BCUT2D eigenvalue weighted by Crippen LogP contribution is -2.44. The van der Waals surface area contributed by atoms with Gasteiger partial charge < -0.3 is 23.9 Å². The molecule has 0 aliphatic rings. The van der Waals surface area contributed by atoms with E-state index in [0.29, 0.717) is 17.4 Å². The molecule has 0 rings (SSSR count). The fourth-order valence-corrected chi connectivity index (χ4v) is 1.97. The summed E-state index contributed by atoms with van der Waals surface area (Å²) in [4.78, 5) is 33.9. The van der Waals surface area contributed by atoms with Gasteiger partial charge in [-0.25, -0.2) is 0 Å². The van der Waals surface area contributed by atoms with Crippen LogP contribution in [-0.2, 0) is 23.9 Å². The van der Waals surface area contributed by atoms with Crippen LogP contribution in [-0.4, -0.2) is 62.8 Å². The highest BCUT2D eigenvalue weighted by Gasteiger charge is 2.25. The molecular formula is C16H29NO6. The zero-order valence-electron chi connectivity index (χ0n) is 14.8. The Kier molecular flexibility index (Phi) is 9.48. The zero-order valence-corrected chi connectivity index (χ0v) is 14.8. The summed E-state index contributed by atoms with van der Waals surface area (Å²) in [5, 5.41) is 10.3. The van der Waals surface area contributed by atoms with Crippen LogP contribution in [0.4, 0.5) is 0 Å². The fourth-order valence-electron chi connectivity index (χ4n) is 1.97. The molecule has 0 N–H and O–H groups in total. The van der Waals surface area contributed by atoms with E-state index in [1.807, 2.05) is 35.0 Å². The number of hydrogen-bond donors (Lipinski definition) is 0. The standard InChI is InChI=1S/C16H29NO6/c1-12(2)9-16(21)23-13(11-17(3,4)5)10-15(20)22-8-6-7-14(18)19/h12-13H,6-11H2,1-5H3/t13-/m0/s1. The van der Waals surface area contributed by atoms with E-state index in [1.54, 1.807) is 0 Å². The van der Waals surface area contributed by atoms with Crippen LogP contribution >= 0.6 is 0 Å². The molecule has 7 heteroatoms. The molecule has 23 heavy (non-hydrogen) atoms. The van der Waals surface area contributed by atoms with Crippen LogP contribution in [0.25, 0.3) is 0 Å². The van der Waals surface area contributed by atoms with Crippen molar-refractivity contribution >= 4 is 17.9 Å². The lowest BCUT2D eigenvalue weighted by molar-refractivity contribution is -0.873. The van der Waals surface area contributed by atoms with Crippen molar-refractivity contribution in [3.8, 4) is 0 Å². The first-order valence-corrected chi connectivity index (χ1v) is 7.85. The van der Waals surface area contributed by atoms with E-state index >= 15 is 0 Å². The maximum absolute atomic E-state index is 11.8. The van der Waals surface area contributed by atoms with Gasteiger partial charge in [-0.1, -0.05) is 13.8 Å². The molecule has 7 nitrogen and oxygen atoms in total. The van der Waals surface area contributed by atoms with Crippen LogP contribution in [0, 0.1) is 5.92 Å². The average molecular weight is 331 g/mol. The van der Waals surface area contributed by atoms with Gasteiger partial charge in [-0.05, 0) is 18.8 Å². The maximum atomic E-state index is 11.8. The van der Waals surface area contributed by atoms with Crippen LogP contribution in [0.5, 0.6) is 0 Å². The number of ether oxygens (including phenoxy) is 2. The Hall–Kier alpha value is -1.63. The lowest BCUT2D eigenvalue weighted by atomic mass is 10.1. The van der Waals surface area contributed by atoms with Gasteiger partial charge in [-0.3, -0.25) is 9.59 Å². The Morgan fingerprint density at radius 3 is 2.13 bits per heavy atom. The lowest BCUT2D eigenvalue weighted by Gasteiger charge is -2.28. The molecule has 0 aromatic rings. The molecule has 0 aliphatic carbocycles. The number of esters is 2. The first-order valence-electron chi connectivity index (χ1n) is 7.85. The fraction of sp³-hybridized carbons (Fsp3) is 0.812. The van der Waals surface area contributed by atoms with Crippen LogP contribution < -0.4 is 5.11 Å². The molecule has 0 spiro atoms. The molecule has 0 bridgehead atoms. The number of aliphatic carboxylic acids is 1. The van der Waals surface area contributed by atoms with E-state index in [0.717, 1.165) is 0 Å². The SMILES string of the molecule is CC(C)CC(=O)O[C@@H](CC(=O)OCCCC(=O)[O-])C[N+](C)(C)C. The number of carbonyl (C=O) groups is 3. The molecule has 1 atom stereocenters. The van der Waals surface area contributed by atoms with E-state index < -0.39 is 18.0 Å². The largest absolute Gasteiger partial charge is 0.550 e. The predicted octanol–water partition coefficient (Wildman–Crippen LogP) is 0.114. The van der Waals surface area contributed by atoms with Gasteiger partial charge in [0.25, 0.3) is 0 Å². The second-order valence-corrected chi connectivity index (χ2v) is 7.08. The van der Waals surface area contributed by atoms with Crippen molar-refractivity contribution in [3.63, 3.8) is 0 Å². The molecule has 0 unspecified atom stereocenters. The first kappa shape index (κ1) is 21.4. The number of carboxylic acids is 1. The van der Waals surface area contributed by atoms with Crippen molar-refractivity contribution in [3.05, 3.63) is 0 Å². The number of carbonyl (C=O) groups excluding carboxylic acids is 3. The number of carboxylic acid groups (broad SMARTS) is 1. The third-order valence-electron chi connectivity index (χ3n) is 2.81. The van der Waals surface area contributed by atoms with Gasteiger partial charge in [-0.2, -0.15) is 0 Å². The topological polar surface area (TPSA) is 92.7 Å². The monoisotopic (exact) mass is 331 g/mol. The molecule has 0 aromatic carbocycles. The number of nitrogens with zero attached hydrogens (tertiary/aromatic N) is 1. The molecule has 0 aliphatic heterocycles. The Bertz CT molecular complexity index is 400. The van der Waals surface area contributed by atoms with E-state index in [9.17, 15) is 19.5 Å². The number of likely N-dealkylation sites (N-methyl/N-ethyl adjacent to an activating group) is 1. The van der Waals surface area contributed by atoms with Gasteiger partial charge in [-0.15, -0.1) is 0 Å². The summed E-state index contributed by atoms with van der Waals surface area (Å²) in [5.74, 6) is -1.82. The Labute approximate surface area is 138 Å². The van der Waals surface area contributed by atoms with Crippen molar-refractivity contribution in [2.24, 2.45) is 5.92 Å². The van der Waals surface area contributed by atoms with Crippen LogP contribution in [0.1, 0.15) is 39.5 Å². The molecule has 0 fully saturated rings. The third kappa shape index (κ3) is 13.7. The van der Waals surface area contributed by atoms with Gasteiger partial charge in [0.15, 0.2) is 6.10 Å². The summed E-state index contributed by atoms with van der Waals surface area (Å²) in [6.07, 6.45) is -0.242. The van der Waals surface area contributed by atoms with Crippen LogP contribution in [0.3, 0.4) is 0 Å². The molecule has 0 radical (unpaired) electrons. The van der Waals surface area contributed by atoms with Crippen molar-refractivity contribution in [2.75, 3.05) is 34.3 Å². The predicted molar refractivity (Wildman–Crippen MR) is 82.1 cm³/mol. The van der Waals surface area contributed by atoms with Crippen molar-refractivity contribution in [1.29, 1.82) is 0 Å². The highest BCUT2D eigenvalue weighted by atomic mass is 16.6. The highest BCUT2D eigenvalue weighted by Crippen LogP contribution is 2.10. The van der Waals surface area contributed by atoms with Gasteiger partial charge in [0, 0.05) is 12.4 Å². The Morgan fingerprint density at radius 2 is 1.65 bits per heavy atom.